The van der Waals surface area contributed by atoms with E-state index in [0.29, 0.717) is 17.3 Å². The van der Waals surface area contributed by atoms with Crippen LogP contribution in [0.25, 0.3) is 5.52 Å². The maximum Gasteiger partial charge on any atom is 0.236 e. The number of nitrogens with one attached hydrogen (secondary N) is 1. The van der Waals surface area contributed by atoms with E-state index in [1.807, 2.05) is 19.1 Å². The van der Waals surface area contributed by atoms with E-state index >= 15 is 0 Å². The molecule has 0 spiro atoms. The molecule has 0 saturated heterocycles. The van der Waals surface area contributed by atoms with Gasteiger partial charge in [0, 0.05) is 13.3 Å². The number of hydrogen-bond acceptors (Lipinski definition) is 4. The number of methoxy groups -OCH3 is 1. The molecule has 7 heteroatoms. The van der Waals surface area contributed by atoms with E-state index in [2.05, 4.69) is 10.8 Å². The minimum Gasteiger partial charge on any atom is -0.380 e. The van der Waals surface area contributed by atoms with E-state index in [0.717, 1.165) is 23.9 Å². The molecule has 1 saturated carbocycles. The first-order chi connectivity index (χ1) is 11.0. The quantitative estimate of drug-likeness (QED) is 0.879. The zero-order chi connectivity index (χ0) is 16.6. The van der Waals surface area contributed by atoms with Crippen molar-refractivity contribution in [2.24, 2.45) is 5.92 Å². The topological polar surface area (TPSA) is 83.6 Å². The molecule has 2 heterocycles. The van der Waals surface area contributed by atoms with Crippen LogP contribution in [0.5, 0.6) is 0 Å². The smallest absolute Gasteiger partial charge is 0.236 e. The van der Waals surface area contributed by atoms with Gasteiger partial charge in [-0.25, -0.2) is 8.42 Å². The predicted molar refractivity (Wildman–Crippen MR) is 87.8 cm³/mol. The van der Waals surface area contributed by atoms with Crippen LogP contribution in [0.1, 0.15) is 24.0 Å². The van der Waals surface area contributed by atoms with Gasteiger partial charge in [0.05, 0.1) is 22.9 Å². The Kier molecular flexibility index (Phi) is 4.04. The molecule has 0 aliphatic heterocycles. The molecule has 0 radical (unpaired) electrons. The molecule has 1 aliphatic carbocycles. The predicted octanol–water partition coefficient (Wildman–Crippen LogP) is 2.29. The van der Waals surface area contributed by atoms with Crippen LogP contribution < -0.4 is 4.72 Å². The molecule has 1 N–H and O–H groups in total. The van der Waals surface area contributed by atoms with Crippen molar-refractivity contribution < 1.29 is 13.2 Å². The number of nitrogens with zero attached hydrogens (tertiary/aromatic N) is 2. The summed E-state index contributed by atoms with van der Waals surface area (Å²) in [6.07, 6.45) is 3.45. The van der Waals surface area contributed by atoms with E-state index in [9.17, 15) is 13.7 Å². The van der Waals surface area contributed by atoms with Gasteiger partial charge in [0.15, 0.2) is 0 Å². The Balaban J connectivity index is 1.96. The van der Waals surface area contributed by atoms with Crippen molar-refractivity contribution >= 4 is 21.4 Å². The second-order valence-electron chi connectivity index (χ2n) is 5.91. The highest BCUT2D eigenvalue weighted by atomic mass is 32.2. The summed E-state index contributed by atoms with van der Waals surface area (Å²) in [4.78, 5) is 0. The van der Waals surface area contributed by atoms with Crippen LogP contribution >= 0.6 is 0 Å². The zero-order valence-corrected chi connectivity index (χ0v) is 13.9. The van der Waals surface area contributed by atoms with E-state index < -0.39 is 10.0 Å². The lowest BCUT2D eigenvalue weighted by Crippen LogP contribution is -2.29. The number of ether oxygens (including phenoxy) is 1. The Morgan fingerprint density at radius 1 is 1.48 bits per heavy atom. The molecule has 6 nitrogen and oxygen atoms in total. The van der Waals surface area contributed by atoms with E-state index in [4.69, 9.17) is 4.74 Å². The number of pyridine rings is 1. The molecule has 0 bridgehead atoms. The van der Waals surface area contributed by atoms with Gasteiger partial charge < -0.3 is 9.14 Å². The minimum absolute atomic E-state index is 0.0991. The van der Waals surface area contributed by atoms with Crippen molar-refractivity contribution in [1.82, 2.24) is 4.40 Å². The number of sulfonamides is 1. The van der Waals surface area contributed by atoms with Gasteiger partial charge in [0.1, 0.15) is 11.9 Å². The third kappa shape index (κ3) is 3.05. The average molecular weight is 333 g/mol. The molecule has 2 aromatic heterocycles. The standard InChI is InChI=1S/C16H19N3O3S/c1-11-13(9-17)16(19-8-4-3-5-14(11)19)18-23(20,21)10-15(22-2)12-6-7-12/h3-5,8,12,15,18H,6-7,10H2,1-2H3/t15-/m0/s1. The van der Waals surface area contributed by atoms with Crippen molar-refractivity contribution in [3.8, 4) is 6.07 Å². The Hall–Kier alpha value is -2.04. The summed E-state index contributed by atoms with van der Waals surface area (Å²) in [5.41, 5.74) is 1.92. The molecule has 0 unspecified atom stereocenters. The second kappa shape index (κ2) is 5.87. The number of nitriles is 1. The Morgan fingerprint density at radius 2 is 2.22 bits per heavy atom. The van der Waals surface area contributed by atoms with Crippen molar-refractivity contribution in [3.63, 3.8) is 0 Å². The number of aryl methyl sites for hydroxylation is 1. The molecule has 122 valence electrons. The first-order valence-electron chi connectivity index (χ1n) is 7.50. The lowest BCUT2D eigenvalue weighted by molar-refractivity contribution is 0.103. The highest BCUT2D eigenvalue weighted by Crippen LogP contribution is 2.35. The summed E-state index contributed by atoms with van der Waals surface area (Å²) in [6, 6.07) is 7.61. The summed E-state index contributed by atoms with van der Waals surface area (Å²) < 4.78 is 34.6. The Bertz CT molecular complexity index is 876. The number of anilines is 1. The second-order valence-corrected chi connectivity index (χ2v) is 7.68. The normalized spacial score (nSPS) is 16.2. The summed E-state index contributed by atoms with van der Waals surface area (Å²) >= 11 is 0. The van der Waals surface area contributed by atoms with Gasteiger partial charge in [0.25, 0.3) is 0 Å². The summed E-state index contributed by atoms with van der Waals surface area (Å²) in [5, 5.41) is 9.40. The molecular weight excluding hydrogens is 314 g/mol. The zero-order valence-electron chi connectivity index (χ0n) is 13.1. The van der Waals surface area contributed by atoms with Gasteiger partial charge >= 0.3 is 0 Å². The van der Waals surface area contributed by atoms with E-state index in [1.54, 1.807) is 16.7 Å². The number of aromatic nitrogens is 1. The molecule has 3 rings (SSSR count). The molecule has 23 heavy (non-hydrogen) atoms. The molecule has 0 amide bonds. The largest absolute Gasteiger partial charge is 0.380 e. The van der Waals surface area contributed by atoms with Crippen molar-refractivity contribution in [2.45, 2.75) is 25.9 Å². The SMILES string of the molecule is CO[C@@H](CS(=O)(=O)Nc1c(C#N)c(C)c2ccccn12)C1CC1. The van der Waals surface area contributed by atoms with Gasteiger partial charge in [-0.2, -0.15) is 5.26 Å². The third-order valence-electron chi connectivity index (χ3n) is 4.30. The molecule has 1 fully saturated rings. The molecule has 1 aliphatic rings. The number of fused-ring (bicyclic) bond motifs is 1. The highest BCUT2D eigenvalue weighted by molar-refractivity contribution is 7.92. The number of hydrogen-bond donors (Lipinski definition) is 1. The Morgan fingerprint density at radius 3 is 2.83 bits per heavy atom. The molecular formula is C16H19N3O3S. The average Bonchev–Trinajstić information content (AvgIpc) is 3.33. The van der Waals surface area contributed by atoms with Crippen molar-refractivity contribution in [3.05, 3.63) is 35.5 Å². The maximum atomic E-state index is 12.5. The van der Waals surface area contributed by atoms with Crippen LogP contribution in [-0.4, -0.2) is 31.8 Å². The monoisotopic (exact) mass is 333 g/mol. The molecule has 1 atom stereocenters. The van der Waals surface area contributed by atoms with Gasteiger partial charge in [-0.3, -0.25) is 4.72 Å². The van der Waals surface area contributed by atoms with Crippen LogP contribution in [0, 0.1) is 24.2 Å². The van der Waals surface area contributed by atoms with Crippen molar-refractivity contribution in [1.29, 1.82) is 5.26 Å². The summed E-state index contributed by atoms with van der Waals surface area (Å²) in [5.74, 6) is 0.516. The first kappa shape index (κ1) is 15.8. The van der Waals surface area contributed by atoms with Crippen LogP contribution in [0.3, 0.4) is 0 Å². The van der Waals surface area contributed by atoms with Crippen LogP contribution in [0.4, 0.5) is 5.82 Å². The fourth-order valence-electron chi connectivity index (χ4n) is 2.88. The lowest BCUT2D eigenvalue weighted by Gasteiger charge is -2.16. The minimum atomic E-state index is -3.61. The van der Waals surface area contributed by atoms with Crippen molar-refractivity contribution in [2.75, 3.05) is 17.6 Å². The van der Waals surface area contributed by atoms with Crippen LogP contribution in [-0.2, 0) is 14.8 Å². The fraction of sp³-hybridized carbons (Fsp3) is 0.438. The summed E-state index contributed by atoms with van der Waals surface area (Å²) in [7, 11) is -2.07. The maximum absolute atomic E-state index is 12.5. The molecule has 2 aromatic rings. The van der Waals surface area contributed by atoms with Crippen LogP contribution in [0.15, 0.2) is 24.4 Å². The Labute approximate surface area is 135 Å². The third-order valence-corrected chi connectivity index (χ3v) is 5.57. The van der Waals surface area contributed by atoms with Crippen LogP contribution in [0.2, 0.25) is 0 Å². The van der Waals surface area contributed by atoms with Gasteiger partial charge in [0.2, 0.25) is 10.0 Å². The first-order valence-corrected chi connectivity index (χ1v) is 9.15. The molecule has 0 aromatic carbocycles. The fourth-order valence-corrected chi connectivity index (χ4v) is 4.30. The van der Waals surface area contributed by atoms with Gasteiger partial charge in [-0.05, 0) is 43.4 Å². The summed E-state index contributed by atoms with van der Waals surface area (Å²) in [6.45, 7) is 1.81. The van der Waals surface area contributed by atoms with Gasteiger partial charge in [-0.1, -0.05) is 6.07 Å². The number of rotatable bonds is 6. The van der Waals surface area contributed by atoms with E-state index in [1.165, 1.54) is 7.11 Å². The van der Waals surface area contributed by atoms with E-state index in [-0.39, 0.29) is 11.9 Å². The lowest BCUT2D eigenvalue weighted by atomic mass is 10.2. The van der Waals surface area contributed by atoms with Gasteiger partial charge in [-0.15, -0.1) is 0 Å². The highest BCUT2D eigenvalue weighted by Gasteiger charge is 2.35.